The van der Waals surface area contributed by atoms with Gasteiger partial charge in [-0.3, -0.25) is 14.7 Å². The van der Waals surface area contributed by atoms with Crippen LogP contribution >= 0.6 is 0 Å². The third kappa shape index (κ3) is 3.77. The number of ether oxygens (including phenoxy) is 1. The molecule has 2 atom stereocenters. The van der Waals surface area contributed by atoms with Crippen molar-refractivity contribution in [3.63, 3.8) is 0 Å². The average Bonchev–Trinajstić information content (AvgIpc) is 3.25. The summed E-state index contributed by atoms with van der Waals surface area (Å²) in [5.74, 6) is -0.331. The molecule has 1 aliphatic carbocycles. The topological polar surface area (TPSA) is 101 Å². The third-order valence-corrected chi connectivity index (χ3v) is 5.07. The Bertz CT molecular complexity index is 594. The number of amides is 2. The maximum Gasteiger partial charge on any atom is 0.269 e. The van der Waals surface area contributed by atoms with Crippen molar-refractivity contribution >= 4 is 11.8 Å². The van der Waals surface area contributed by atoms with Gasteiger partial charge in [0, 0.05) is 24.7 Å². The molecule has 132 valence electrons. The SMILES string of the molecule is C[C@H](OC1CCCC1)C(=O)N1CCC[C@@H](c2cc(C(N)=O)n[nH]2)C1. The van der Waals surface area contributed by atoms with Gasteiger partial charge >= 0.3 is 0 Å². The fourth-order valence-electron chi connectivity index (χ4n) is 3.73. The van der Waals surface area contributed by atoms with E-state index in [-0.39, 0.29) is 23.6 Å². The van der Waals surface area contributed by atoms with Crippen LogP contribution in [0.1, 0.15) is 67.5 Å². The Morgan fingerprint density at radius 1 is 1.33 bits per heavy atom. The second-order valence-electron chi connectivity index (χ2n) is 6.88. The Morgan fingerprint density at radius 3 is 2.75 bits per heavy atom. The number of H-pyrrole nitrogens is 1. The lowest BCUT2D eigenvalue weighted by Gasteiger charge is -2.34. The van der Waals surface area contributed by atoms with Gasteiger partial charge in [-0.15, -0.1) is 0 Å². The standard InChI is InChI=1S/C17H26N4O3/c1-11(24-13-6-2-3-7-13)17(23)21-8-4-5-12(10-21)14-9-15(16(18)22)20-19-14/h9,11-13H,2-8,10H2,1H3,(H2,18,22)(H,19,20)/t11-,12+/m0/s1. The molecule has 1 saturated heterocycles. The van der Waals surface area contributed by atoms with Crippen molar-refractivity contribution < 1.29 is 14.3 Å². The summed E-state index contributed by atoms with van der Waals surface area (Å²) in [5, 5.41) is 6.82. The van der Waals surface area contributed by atoms with E-state index in [1.165, 1.54) is 12.8 Å². The predicted octanol–water partition coefficient (Wildman–Crippen LogP) is 1.56. The van der Waals surface area contributed by atoms with E-state index in [9.17, 15) is 9.59 Å². The number of aromatic amines is 1. The number of hydrogen-bond donors (Lipinski definition) is 2. The maximum atomic E-state index is 12.7. The number of carbonyl (C=O) groups excluding carboxylic acids is 2. The summed E-state index contributed by atoms with van der Waals surface area (Å²) in [7, 11) is 0. The van der Waals surface area contributed by atoms with Gasteiger partial charge in [0.2, 0.25) is 0 Å². The summed E-state index contributed by atoms with van der Waals surface area (Å²) in [4.78, 5) is 25.7. The van der Waals surface area contributed by atoms with Gasteiger partial charge in [0.05, 0.1) is 6.10 Å². The normalized spacial score (nSPS) is 23.4. The molecule has 1 aliphatic heterocycles. The predicted molar refractivity (Wildman–Crippen MR) is 88.5 cm³/mol. The molecule has 7 heteroatoms. The summed E-state index contributed by atoms with van der Waals surface area (Å²) in [6.45, 7) is 3.23. The molecule has 7 nitrogen and oxygen atoms in total. The van der Waals surface area contributed by atoms with Crippen LogP contribution < -0.4 is 5.73 Å². The van der Waals surface area contributed by atoms with Gasteiger partial charge in [0.15, 0.2) is 0 Å². The second kappa shape index (κ2) is 7.34. The zero-order valence-electron chi connectivity index (χ0n) is 14.2. The van der Waals surface area contributed by atoms with Crippen molar-refractivity contribution in [1.82, 2.24) is 15.1 Å². The minimum Gasteiger partial charge on any atom is -0.365 e. The number of aromatic nitrogens is 2. The van der Waals surface area contributed by atoms with Gasteiger partial charge in [0.1, 0.15) is 11.8 Å². The van der Waals surface area contributed by atoms with Gasteiger partial charge in [0.25, 0.3) is 11.8 Å². The number of nitrogens with two attached hydrogens (primary N) is 1. The molecule has 3 N–H and O–H groups in total. The second-order valence-corrected chi connectivity index (χ2v) is 6.88. The van der Waals surface area contributed by atoms with Crippen LogP contribution in [0.5, 0.6) is 0 Å². The minimum atomic E-state index is -0.542. The van der Waals surface area contributed by atoms with Crippen LogP contribution in [0.2, 0.25) is 0 Å². The Kier molecular flexibility index (Phi) is 5.18. The molecule has 0 aromatic carbocycles. The monoisotopic (exact) mass is 334 g/mol. The minimum absolute atomic E-state index is 0.0567. The number of piperidine rings is 1. The van der Waals surface area contributed by atoms with Gasteiger partial charge in [-0.25, -0.2) is 0 Å². The number of likely N-dealkylation sites (tertiary alicyclic amines) is 1. The van der Waals surface area contributed by atoms with E-state index in [0.717, 1.165) is 37.9 Å². The van der Waals surface area contributed by atoms with Crippen molar-refractivity contribution in [2.75, 3.05) is 13.1 Å². The fraction of sp³-hybridized carbons (Fsp3) is 0.706. The van der Waals surface area contributed by atoms with Crippen LogP contribution in [0.3, 0.4) is 0 Å². The average molecular weight is 334 g/mol. The Balaban J connectivity index is 1.59. The summed E-state index contributed by atoms with van der Waals surface area (Å²) < 4.78 is 5.93. The highest BCUT2D eigenvalue weighted by Crippen LogP contribution is 2.27. The van der Waals surface area contributed by atoms with Crippen molar-refractivity contribution in [1.29, 1.82) is 0 Å². The first-order valence-corrected chi connectivity index (χ1v) is 8.84. The highest BCUT2D eigenvalue weighted by Gasteiger charge is 2.30. The van der Waals surface area contributed by atoms with Crippen molar-refractivity contribution in [2.24, 2.45) is 5.73 Å². The van der Waals surface area contributed by atoms with E-state index in [1.54, 1.807) is 6.07 Å². The van der Waals surface area contributed by atoms with E-state index in [1.807, 2.05) is 11.8 Å². The van der Waals surface area contributed by atoms with Crippen LogP contribution in [0, 0.1) is 0 Å². The Labute approximate surface area is 141 Å². The maximum absolute atomic E-state index is 12.7. The van der Waals surface area contributed by atoms with Gasteiger partial charge in [-0.05, 0) is 38.7 Å². The van der Waals surface area contributed by atoms with Crippen LogP contribution in [-0.4, -0.2) is 52.2 Å². The number of nitrogens with one attached hydrogen (secondary N) is 1. The zero-order valence-corrected chi connectivity index (χ0v) is 14.2. The molecule has 0 bridgehead atoms. The smallest absolute Gasteiger partial charge is 0.269 e. The summed E-state index contributed by atoms with van der Waals surface area (Å²) >= 11 is 0. The molecule has 2 amide bonds. The van der Waals surface area contributed by atoms with Gasteiger partial charge in [-0.1, -0.05) is 12.8 Å². The quantitative estimate of drug-likeness (QED) is 0.853. The van der Waals surface area contributed by atoms with Crippen molar-refractivity contribution in [3.05, 3.63) is 17.5 Å². The molecule has 2 heterocycles. The van der Waals surface area contributed by atoms with Crippen LogP contribution in [0.4, 0.5) is 0 Å². The number of rotatable bonds is 5. The van der Waals surface area contributed by atoms with Gasteiger partial charge < -0.3 is 15.4 Å². The number of carbonyl (C=O) groups is 2. The summed E-state index contributed by atoms with van der Waals surface area (Å²) in [6, 6.07) is 1.69. The molecule has 1 saturated carbocycles. The highest BCUT2D eigenvalue weighted by molar-refractivity contribution is 5.90. The first-order valence-electron chi connectivity index (χ1n) is 8.84. The van der Waals surface area contributed by atoms with Crippen molar-refractivity contribution in [2.45, 2.75) is 63.6 Å². The molecule has 2 aliphatic rings. The Hall–Kier alpha value is -1.89. The van der Waals surface area contributed by atoms with Crippen LogP contribution in [0.15, 0.2) is 6.07 Å². The van der Waals surface area contributed by atoms with E-state index in [0.29, 0.717) is 6.54 Å². The molecule has 0 unspecified atom stereocenters. The third-order valence-electron chi connectivity index (χ3n) is 5.07. The molecule has 0 spiro atoms. The molecule has 1 aromatic rings. The van der Waals surface area contributed by atoms with Gasteiger partial charge in [-0.2, -0.15) is 5.10 Å². The largest absolute Gasteiger partial charge is 0.365 e. The van der Waals surface area contributed by atoms with E-state index in [2.05, 4.69) is 10.2 Å². The molecule has 24 heavy (non-hydrogen) atoms. The van der Waals surface area contributed by atoms with E-state index in [4.69, 9.17) is 10.5 Å². The molecule has 0 radical (unpaired) electrons. The Morgan fingerprint density at radius 2 is 2.08 bits per heavy atom. The van der Waals surface area contributed by atoms with Crippen molar-refractivity contribution in [3.8, 4) is 0 Å². The molecule has 1 aromatic heterocycles. The number of primary amides is 1. The molecular weight excluding hydrogens is 308 g/mol. The summed E-state index contributed by atoms with van der Waals surface area (Å²) in [6.07, 6.45) is 6.23. The molecule has 2 fully saturated rings. The van der Waals surface area contributed by atoms with E-state index < -0.39 is 12.0 Å². The zero-order chi connectivity index (χ0) is 17.1. The molecular formula is C17H26N4O3. The first-order chi connectivity index (χ1) is 11.5. The van der Waals surface area contributed by atoms with Crippen LogP contribution in [0.25, 0.3) is 0 Å². The lowest BCUT2D eigenvalue weighted by Crippen LogP contribution is -2.45. The first kappa shape index (κ1) is 17.0. The fourth-order valence-corrected chi connectivity index (χ4v) is 3.73. The lowest BCUT2D eigenvalue weighted by atomic mass is 9.94. The number of hydrogen-bond acceptors (Lipinski definition) is 4. The molecule has 3 rings (SSSR count). The van der Waals surface area contributed by atoms with Crippen LogP contribution in [-0.2, 0) is 9.53 Å². The summed E-state index contributed by atoms with van der Waals surface area (Å²) in [5.41, 5.74) is 6.36. The highest BCUT2D eigenvalue weighted by atomic mass is 16.5. The lowest BCUT2D eigenvalue weighted by molar-refractivity contribution is -0.147. The number of nitrogens with zero attached hydrogens (tertiary/aromatic N) is 2. The van der Waals surface area contributed by atoms with E-state index >= 15 is 0 Å².